The number of phosphoric acid groups is 2. The number of hydrogen-bond donors (Lipinski definition) is 3. The van der Waals surface area contributed by atoms with Crippen LogP contribution in [0.3, 0.4) is 0 Å². The minimum absolute atomic E-state index is 0.106. The van der Waals surface area contributed by atoms with Crippen LogP contribution in [0.15, 0.2) is 0 Å². The van der Waals surface area contributed by atoms with Gasteiger partial charge in [-0.2, -0.15) is 0 Å². The highest BCUT2D eigenvalue weighted by Crippen LogP contribution is 2.45. The van der Waals surface area contributed by atoms with Gasteiger partial charge in [0.1, 0.15) is 19.3 Å². The van der Waals surface area contributed by atoms with Gasteiger partial charge in [-0.25, -0.2) is 9.13 Å². The van der Waals surface area contributed by atoms with Gasteiger partial charge in [-0.05, 0) is 37.5 Å². The van der Waals surface area contributed by atoms with E-state index in [0.717, 1.165) is 102 Å². The SMILES string of the molecule is CCCCCCCCCCCCCCCCCCC(=O)OC[C@H](COP(=O)(O)OC[C@@H](O)COP(=O)(O)OC[C@@H](COC(=O)CCCCCCCCCCCC)OC(=O)CCCCCCCCCCCCC(C)C)OC(=O)CCCCCCCCCCCCCCCCC(C)C. The van der Waals surface area contributed by atoms with Crippen LogP contribution in [0.2, 0.25) is 0 Å². The summed E-state index contributed by atoms with van der Waals surface area (Å²) < 4.78 is 68.6. The van der Waals surface area contributed by atoms with Crippen molar-refractivity contribution in [3.63, 3.8) is 0 Å². The fraction of sp³-hybridized carbons (Fsp3) is 0.948. The van der Waals surface area contributed by atoms with Crippen LogP contribution >= 0.6 is 15.6 Å². The molecule has 0 fully saturated rings. The molecule has 0 heterocycles. The van der Waals surface area contributed by atoms with Crippen molar-refractivity contribution < 1.29 is 80.2 Å². The smallest absolute Gasteiger partial charge is 0.462 e. The van der Waals surface area contributed by atoms with Crippen molar-refractivity contribution in [1.82, 2.24) is 0 Å². The second kappa shape index (κ2) is 68.8. The molecule has 19 heteroatoms. The van der Waals surface area contributed by atoms with Gasteiger partial charge in [0, 0.05) is 25.7 Å². The largest absolute Gasteiger partial charge is 0.472 e. The Morgan fingerprint density at radius 1 is 0.281 bits per heavy atom. The molecule has 0 aliphatic rings. The van der Waals surface area contributed by atoms with E-state index in [-0.39, 0.29) is 25.7 Å². The van der Waals surface area contributed by atoms with Crippen LogP contribution in [-0.4, -0.2) is 96.7 Å². The zero-order valence-electron chi connectivity index (χ0n) is 62.7. The van der Waals surface area contributed by atoms with E-state index in [1.165, 1.54) is 218 Å². The minimum Gasteiger partial charge on any atom is -0.462 e. The number of carbonyl (C=O) groups excluding carboxylic acids is 4. The lowest BCUT2D eigenvalue weighted by Gasteiger charge is -2.21. The molecule has 0 aromatic rings. The predicted molar refractivity (Wildman–Crippen MR) is 391 cm³/mol. The maximum absolute atomic E-state index is 13.1. The van der Waals surface area contributed by atoms with Crippen molar-refractivity contribution in [2.45, 2.75) is 419 Å². The average Bonchev–Trinajstić information content (AvgIpc) is 1.25. The van der Waals surface area contributed by atoms with Crippen LogP contribution in [0, 0.1) is 11.8 Å². The van der Waals surface area contributed by atoms with Crippen molar-refractivity contribution in [2.24, 2.45) is 11.8 Å². The van der Waals surface area contributed by atoms with E-state index in [0.29, 0.717) is 25.7 Å². The molecule has 0 aromatic carbocycles. The van der Waals surface area contributed by atoms with Crippen LogP contribution < -0.4 is 0 Å². The molecule has 5 atom stereocenters. The molecule has 0 saturated heterocycles. The lowest BCUT2D eigenvalue weighted by Crippen LogP contribution is -2.30. The number of phosphoric ester groups is 2. The zero-order valence-corrected chi connectivity index (χ0v) is 64.5. The van der Waals surface area contributed by atoms with E-state index in [1.54, 1.807) is 0 Å². The Balaban J connectivity index is 5.24. The first-order chi connectivity index (χ1) is 46.4. The van der Waals surface area contributed by atoms with Gasteiger partial charge in [0.15, 0.2) is 12.2 Å². The number of rotatable bonds is 76. The number of carbonyl (C=O) groups is 4. The third kappa shape index (κ3) is 70.5. The quantitative estimate of drug-likeness (QED) is 0.0222. The summed E-state index contributed by atoms with van der Waals surface area (Å²) in [4.78, 5) is 72.8. The fourth-order valence-electron chi connectivity index (χ4n) is 11.8. The minimum atomic E-state index is -4.96. The number of aliphatic hydroxyl groups excluding tert-OH is 1. The lowest BCUT2D eigenvalue weighted by molar-refractivity contribution is -0.161. The molecular formula is C77H150O17P2. The van der Waals surface area contributed by atoms with Gasteiger partial charge < -0.3 is 33.8 Å². The molecule has 0 saturated carbocycles. The highest BCUT2D eigenvalue weighted by atomic mass is 31.2. The van der Waals surface area contributed by atoms with E-state index in [1.807, 2.05) is 0 Å². The molecule has 0 amide bonds. The Bertz CT molecular complexity index is 1860. The highest BCUT2D eigenvalue weighted by Gasteiger charge is 2.30. The molecule has 96 heavy (non-hydrogen) atoms. The molecule has 0 aromatic heterocycles. The molecule has 0 radical (unpaired) electrons. The molecule has 0 spiro atoms. The molecule has 17 nitrogen and oxygen atoms in total. The van der Waals surface area contributed by atoms with E-state index >= 15 is 0 Å². The third-order valence-corrected chi connectivity index (χ3v) is 19.9. The maximum Gasteiger partial charge on any atom is 0.472 e. The monoisotopic (exact) mass is 1410 g/mol. The lowest BCUT2D eigenvalue weighted by atomic mass is 10.0. The van der Waals surface area contributed by atoms with Crippen LogP contribution in [0.1, 0.15) is 401 Å². The Morgan fingerprint density at radius 2 is 0.479 bits per heavy atom. The summed E-state index contributed by atoms with van der Waals surface area (Å²) in [5.41, 5.74) is 0. The number of aliphatic hydroxyl groups is 1. The summed E-state index contributed by atoms with van der Waals surface area (Å²) in [6.45, 7) is 9.61. The Morgan fingerprint density at radius 3 is 0.708 bits per heavy atom. The maximum atomic E-state index is 13.1. The number of ether oxygens (including phenoxy) is 4. The van der Waals surface area contributed by atoms with Crippen LogP contribution in [0.5, 0.6) is 0 Å². The Hall–Kier alpha value is -1.94. The Labute approximate surface area is 588 Å². The first-order valence-corrected chi connectivity index (χ1v) is 43.0. The molecule has 0 rings (SSSR count). The van der Waals surface area contributed by atoms with Gasteiger partial charge in [0.25, 0.3) is 0 Å². The Kier molecular flexibility index (Phi) is 67.4. The van der Waals surface area contributed by atoms with Gasteiger partial charge in [-0.3, -0.25) is 37.3 Å². The molecule has 2 unspecified atom stereocenters. The topological polar surface area (TPSA) is 237 Å². The van der Waals surface area contributed by atoms with Crippen molar-refractivity contribution in [1.29, 1.82) is 0 Å². The summed E-state index contributed by atoms with van der Waals surface area (Å²) >= 11 is 0. The number of esters is 4. The van der Waals surface area contributed by atoms with Gasteiger partial charge in [0.2, 0.25) is 0 Å². The van der Waals surface area contributed by atoms with Gasteiger partial charge >= 0.3 is 39.5 Å². The highest BCUT2D eigenvalue weighted by molar-refractivity contribution is 7.47. The zero-order chi connectivity index (χ0) is 70.7. The molecule has 0 bridgehead atoms. The number of unbranched alkanes of at least 4 members (excludes halogenated alkanes) is 46. The molecule has 3 N–H and O–H groups in total. The van der Waals surface area contributed by atoms with E-state index in [4.69, 9.17) is 37.0 Å². The van der Waals surface area contributed by atoms with E-state index in [2.05, 4.69) is 41.5 Å². The van der Waals surface area contributed by atoms with Gasteiger partial charge in [-0.1, -0.05) is 350 Å². The van der Waals surface area contributed by atoms with Crippen molar-refractivity contribution in [3.05, 3.63) is 0 Å². The van der Waals surface area contributed by atoms with E-state index in [9.17, 15) is 43.2 Å². The van der Waals surface area contributed by atoms with Crippen LogP contribution in [-0.2, 0) is 65.4 Å². The number of hydrogen-bond acceptors (Lipinski definition) is 15. The first-order valence-electron chi connectivity index (χ1n) is 40.0. The fourth-order valence-corrected chi connectivity index (χ4v) is 13.4. The molecular weight excluding hydrogens is 1260 g/mol. The summed E-state index contributed by atoms with van der Waals surface area (Å²) in [5.74, 6) is -0.566. The van der Waals surface area contributed by atoms with Crippen LogP contribution in [0.4, 0.5) is 0 Å². The molecule has 0 aliphatic carbocycles. The second-order valence-electron chi connectivity index (χ2n) is 28.7. The van der Waals surface area contributed by atoms with Crippen molar-refractivity contribution in [3.8, 4) is 0 Å². The summed E-state index contributed by atoms with van der Waals surface area (Å²) in [5, 5.41) is 10.6. The normalized spacial score (nSPS) is 14.0. The summed E-state index contributed by atoms with van der Waals surface area (Å²) in [6.07, 6.45) is 56.8. The van der Waals surface area contributed by atoms with Crippen molar-refractivity contribution >= 4 is 39.5 Å². The van der Waals surface area contributed by atoms with Gasteiger partial charge in [0.05, 0.1) is 26.4 Å². The van der Waals surface area contributed by atoms with E-state index < -0.39 is 97.5 Å². The van der Waals surface area contributed by atoms with Gasteiger partial charge in [-0.15, -0.1) is 0 Å². The van der Waals surface area contributed by atoms with Crippen molar-refractivity contribution in [2.75, 3.05) is 39.6 Å². The first kappa shape index (κ1) is 94.1. The second-order valence-corrected chi connectivity index (χ2v) is 31.6. The standard InChI is InChI=1S/C77H150O17P2/c1-7-9-11-13-15-17-19-20-21-22-26-29-36-42-48-54-60-75(80)88-66-73(93-76(81)61-55-49-43-37-30-27-24-23-25-28-33-39-45-51-57-69(3)4)68-92-96(85,86)90-64-71(78)63-89-95(83,84)91-67-72(65-87-74(79)59-53-47-41-35-18-16-14-12-10-8-2)94-77(82)62-56-50-44-38-32-31-34-40-46-52-58-70(5)6/h69-73,78H,7-68H2,1-6H3,(H,83,84)(H,85,86)/t71-,72+,73+/m0/s1. The average molecular weight is 1410 g/mol. The predicted octanol–water partition coefficient (Wildman–Crippen LogP) is 22.7. The molecule has 570 valence electrons. The summed E-state index contributed by atoms with van der Waals surface area (Å²) in [6, 6.07) is 0. The van der Waals surface area contributed by atoms with Crippen LogP contribution in [0.25, 0.3) is 0 Å². The third-order valence-electron chi connectivity index (χ3n) is 18.0. The summed E-state index contributed by atoms with van der Waals surface area (Å²) in [7, 11) is -9.91. The molecule has 0 aliphatic heterocycles.